The quantitative estimate of drug-likeness (QED) is 0.463. The van der Waals surface area contributed by atoms with E-state index in [1.165, 1.54) is 12.1 Å². The second-order valence-corrected chi connectivity index (χ2v) is 11.1. The Hall–Kier alpha value is -3.40. The van der Waals surface area contributed by atoms with E-state index >= 15 is 0 Å². The summed E-state index contributed by atoms with van der Waals surface area (Å²) in [5.41, 5.74) is 2.60. The number of aryl methyl sites for hydroxylation is 1. The van der Waals surface area contributed by atoms with Crippen LogP contribution in [-0.2, 0) is 4.79 Å². The van der Waals surface area contributed by atoms with Gasteiger partial charge in [0.1, 0.15) is 5.82 Å². The zero-order valence-corrected chi connectivity index (χ0v) is 21.7. The third-order valence-corrected chi connectivity index (χ3v) is 8.36. The highest BCUT2D eigenvalue weighted by atomic mass is 35.5. The molecule has 2 aromatic heterocycles. The van der Waals surface area contributed by atoms with E-state index < -0.39 is 6.43 Å². The van der Waals surface area contributed by atoms with Crippen LogP contribution in [0.2, 0.25) is 5.02 Å². The molecule has 1 aromatic carbocycles. The third-order valence-electron chi connectivity index (χ3n) is 8.12. The molecule has 1 unspecified atom stereocenters. The van der Waals surface area contributed by atoms with Crippen LogP contribution in [0.15, 0.2) is 36.7 Å². The van der Waals surface area contributed by atoms with Crippen molar-refractivity contribution >= 4 is 29.2 Å². The molecule has 3 atom stereocenters. The average Bonchev–Trinajstić information content (AvgIpc) is 3.31. The second kappa shape index (κ2) is 9.41. The molecule has 8 nitrogen and oxygen atoms in total. The summed E-state index contributed by atoms with van der Waals surface area (Å²) < 4.78 is 28.4. The Morgan fingerprint density at radius 3 is 2.66 bits per heavy atom. The first-order valence-corrected chi connectivity index (χ1v) is 13.2. The topological polar surface area (TPSA) is 93.0 Å². The molecule has 3 fully saturated rings. The molecule has 3 aliphatic rings. The second-order valence-electron chi connectivity index (χ2n) is 10.6. The van der Waals surface area contributed by atoms with Gasteiger partial charge in [-0.1, -0.05) is 22.9 Å². The molecule has 2 saturated carbocycles. The van der Waals surface area contributed by atoms with Crippen LogP contribution in [0.4, 0.5) is 14.6 Å². The Morgan fingerprint density at radius 1 is 1.18 bits per heavy atom. The molecule has 0 spiro atoms. The molecule has 1 N–H and O–H groups in total. The number of amides is 2. The summed E-state index contributed by atoms with van der Waals surface area (Å²) in [6.07, 6.45) is 2.87. The normalized spacial score (nSPS) is 24.8. The fourth-order valence-corrected chi connectivity index (χ4v) is 5.86. The molecule has 198 valence electrons. The van der Waals surface area contributed by atoms with Crippen molar-refractivity contribution < 1.29 is 18.4 Å². The van der Waals surface area contributed by atoms with Gasteiger partial charge in [-0.05, 0) is 79.8 Å². The largest absolute Gasteiger partial charge is 0.348 e. The molecule has 11 heteroatoms. The summed E-state index contributed by atoms with van der Waals surface area (Å²) in [6, 6.07) is 5.98. The Labute approximate surface area is 223 Å². The molecule has 0 radical (unpaired) electrons. The summed E-state index contributed by atoms with van der Waals surface area (Å²) in [5.74, 6) is 1.04. The van der Waals surface area contributed by atoms with Crippen molar-refractivity contribution in [2.75, 3.05) is 11.4 Å². The van der Waals surface area contributed by atoms with Gasteiger partial charge >= 0.3 is 0 Å². The van der Waals surface area contributed by atoms with Crippen molar-refractivity contribution in [2.24, 2.45) is 11.8 Å². The highest BCUT2D eigenvalue weighted by Gasteiger charge is 2.52. The molecule has 3 heterocycles. The number of aromatic nitrogens is 4. The van der Waals surface area contributed by atoms with Gasteiger partial charge in [0.25, 0.3) is 12.3 Å². The number of piperidine rings is 1. The monoisotopic (exact) mass is 540 g/mol. The van der Waals surface area contributed by atoms with Crippen molar-refractivity contribution in [2.45, 2.75) is 57.5 Å². The summed E-state index contributed by atoms with van der Waals surface area (Å²) in [5, 5.41) is 11.5. The van der Waals surface area contributed by atoms with E-state index in [0.29, 0.717) is 35.2 Å². The van der Waals surface area contributed by atoms with Crippen molar-refractivity contribution in [3.63, 3.8) is 0 Å². The Kier molecular flexibility index (Phi) is 6.17. The summed E-state index contributed by atoms with van der Waals surface area (Å²) in [6.45, 7) is 4.65. The van der Waals surface area contributed by atoms with Crippen molar-refractivity contribution in [3.8, 4) is 0 Å². The van der Waals surface area contributed by atoms with Crippen molar-refractivity contribution in [1.29, 1.82) is 0 Å². The number of hydrogen-bond acceptors (Lipinski definition) is 5. The van der Waals surface area contributed by atoms with Crippen LogP contribution in [0.1, 0.15) is 77.3 Å². The van der Waals surface area contributed by atoms with E-state index in [-0.39, 0.29) is 47.0 Å². The number of carbonyl (C=O) groups excluding carboxylic acids is 2. The number of pyridine rings is 1. The molecular weight excluding hydrogens is 514 g/mol. The van der Waals surface area contributed by atoms with Gasteiger partial charge in [0.2, 0.25) is 5.91 Å². The van der Waals surface area contributed by atoms with E-state index in [0.717, 1.165) is 24.1 Å². The van der Waals surface area contributed by atoms with Gasteiger partial charge in [-0.25, -0.2) is 18.4 Å². The SMILES string of the molecule is Cc1cc(N2C[C@H]3C[C@H]3C2=O)ncc1C(C)n1cc(C(=O)N[C@H]2C[C@@H](c3cc(Cl)ccc3C(F)F)C2)nn1. The fraction of sp³-hybridized carbons (Fsp3) is 0.444. The van der Waals surface area contributed by atoms with Crippen LogP contribution in [0.25, 0.3) is 0 Å². The molecule has 0 bridgehead atoms. The number of nitrogens with one attached hydrogen (secondary N) is 1. The zero-order chi connectivity index (χ0) is 26.7. The molecule has 3 aromatic rings. The maximum atomic E-state index is 13.4. The maximum Gasteiger partial charge on any atom is 0.273 e. The number of hydrogen-bond donors (Lipinski definition) is 1. The Morgan fingerprint density at radius 2 is 1.97 bits per heavy atom. The fourth-order valence-electron chi connectivity index (χ4n) is 5.68. The lowest BCUT2D eigenvalue weighted by atomic mass is 9.74. The molecule has 1 aliphatic heterocycles. The Balaban J connectivity index is 1.08. The highest BCUT2D eigenvalue weighted by Crippen LogP contribution is 2.47. The van der Waals surface area contributed by atoms with Gasteiger partial charge < -0.3 is 5.32 Å². The predicted octanol–water partition coefficient (Wildman–Crippen LogP) is 4.84. The lowest BCUT2D eigenvalue weighted by molar-refractivity contribution is -0.118. The standard InChI is InChI=1S/C27H27ClF2N6O2/c1-13-5-24(35-11-16-8-21(16)27(35)38)31-10-22(13)14(2)36-12-23(33-34-36)26(37)32-18-6-15(7-18)20-9-17(28)3-4-19(20)25(29)30/h3-5,9-10,12,14-16,18,21,25H,6-8,11H2,1-2H3,(H,32,37)/t14?,15-,16-,18+,21-/m1/s1. The number of alkyl halides is 2. The highest BCUT2D eigenvalue weighted by molar-refractivity contribution is 6.30. The van der Waals surface area contributed by atoms with Gasteiger partial charge in [-0.15, -0.1) is 5.10 Å². The van der Waals surface area contributed by atoms with Gasteiger partial charge in [0.15, 0.2) is 5.69 Å². The van der Waals surface area contributed by atoms with E-state index in [1.807, 2.05) is 19.9 Å². The molecule has 2 amide bonds. The number of rotatable bonds is 7. The lowest BCUT2D eigenvalue weighted by Gasteiger charge is -2.37. The first-order valence-electron chi connectivity index (χ1n) is 12.8. The lowest BCUT2D eigenvalue weighted by Crippen LogP contribution is -2.43. The van der Waals surface area contributed by atoms with Crippen LogP contribution in [0.5, 0.6) is 0 Å². The molecule has 38 heavy (non-hydrogen) atoms. The minimum atomic E-state index is -2.57. The van der Waals surface area contributed by atoms with Crippen LogP contribution < -0.4 is 10.2 Å². The predicted molar refractivity (Wildman–Crippen MR) is 136 cm³/mol. The van der Waals surface area contributed by atoms with Crippen LogP contribution in [0.3, 0.4) is 0 Å². The van der Waals surface area contributed by atoms with E-state index in [4.69, 9.17) is 11.6 Å². The smallest absolute Gasteiger partial charge is 0.273 e. The summed E-state index contributed by atoms with van der Waals surface area (Å²) in [7, 11) is 0. The zero-order valence-electron chi connectivity index (χ0n) is 20.9. The minimum absolute atomic E-state index is 0.0115. The minimum Gasteiger partial charge on any atom is -0.348 e. The molecule has 2 aliphatic carbocycles. The van der Waals surface area contributed by atoms with Crippen molar-refractivity contribution in [3.05, 3.63) is 69.6 Å². The number of anilines is 1. The molecular formula is C27H27ClF2N6O2. The maximum absolute atomic E-state index is 13.4. The van der Waals surface area contributed by atoms with E-state index in [2.05, 4.69) is 20.6 Å². The van der Waals surface area contributed by atoms with Crippen LogP contribution in [0, 0.1) is 18.8 Å². The number of carbonyl (C=O) groups is 2. The van der Waals surface area contributed by atoms with Crippen LogP contribution in [-0.4, -0.2) is 44.4 Å². The molecule has 6 rings (SSSR count). The van der Waals surface area contributed by atoms with Gasteiger partial charge in [0, 0.05) is 35.3 Å². The van der Waals surface area contributed by atoms with Gasteiger partial charge in [-0.2, -0.15) is 0 Å². The van der Waals surface area contributed by atoms with E-state index in [1.54, 1.807) is 28.0 Å². The first kappa shape index (κ1) is 24.9. The van der Waals surface area contributed by atoms with Gasteiger partial charge in [0.05, 0.1) is 12.2 Å². The number of benzene rings is 1. The summed E-state index contributed by atoms with van der Waals surface area (Å²) >= 11 is 6.03. The molecule has 1 saturated heterocycles. The number of nitrogens with zero attached hydrogens (tertiary/aromatic N) is 5. The Bertz CT molecular complexity index is 1420. The van der Waals surface area contributed by atoms with E-state index in [9.17, 15) is 18.4 Å². The first-order chi connectivity index (χ1) is 18.2. The van der Waals surface area contributed by atoms with Crippen molar-refractivity contribution in [1.82, 2.24) is 25.3 Å². The average molecular weight is 541 g/mol. The third kappa shape index (κ3) is 4.44. The van der Waals surface area contributed by atoms with Gasteiger partial charge in [-0.3, -0.25) is 14.5 Å². The van der Waals surface area contributed by atoms with Crippen LogP contribution >= 0.6 is 11.6 Å². The number of fused-ring (bicyclic) bond motifs is 1. The number of halogens is 3. The summed E-state index contributed by atoms with van der Waals surface area (Å²) in [4.78, 5) is 31.5.